The minimum Gasteiger partial charge on any atom is -0.0874 e. The lowest BCUT2D eigenvalue weighted by molar-refractivity contribution is 0.336. The highest BCUT2D eigenvalue weighted by Crippen LogP contribution is 2.38. The first-order chi connectivity index (χ1) is 7.37. The van der Waals surface area contributed by atoms with Gasteiger partial charge in [0.15, 0.2) is 0 Å². The van der Waals surface area contributed by atoms with Gasteiger partial charge >= 0.3 is 0 Å². The van der Waals surface area contributed by atoms with Crippen LogP contribution in [-0.2, 0) is 0 Å². The Morgan fingerprint density at radius 2 is 1.47 bits per heavy atom. The van der Waals surface area contributed by atoms with E-state index in [4.69, 9.17) is 0 Å². The summed E-state index contributed by atoms with van der Waals surface area (Å²) in [5, 5.41) is 0. The number of hydrogen-bond acceptors (Lipinski definition) is 0. The topological polar surface area (TPSA) is 0 Å². The SMILES string of the molecule is CCC(C)(C)C(=CC[Si](C)(C)C)CC(C)(C)C. The van der Waals surface area contributed by atoms with E-state index in [0.717, 1.165) is 0 Å². The van der Waals surface area contributed by atoms with Gasteiger partial charge in [0, 0.05) is 8.07 Å². The van der Waals surface area contributed by atoms with Crippen LogP contribution in [0.1, 0.15) is 54.4 Å². The van der Waals surface area contributed by atoms with Crippen molar-refractivity contribution in [3.8, 4) is 0 Å². The lowest BCUT2D eigenvalue weighted by Crippen LogP contribution is -2.22. The molecule has 0 N–H and O–H groups in total. The van der Waals surface area contributed by atoms with Gasteiger partial charge in [0.2, 0.25) is 0 Å². The average molecular weight is 255 g/mol. The molecule has 102 valence electrons. The first kappa shape index (κ1) is 17.0. The second-order valence-corrected chi connectivity index (χ2v) is 14.0. The van der Waals surface area contributed by atoms with Crippen LogP contribution in [0.2, 0.25) is 25.7 Å². The molecule has 17 heavy (non-hydrogen) atoms. The molecule has 0 aromatic rings. The normalized spacial score (nSPS) is 15.2. The first-order valence-corrected chi connectivity index (χ1v) is 10.8. The maximum Gasteiger partial charge on any atom is 0.0480 e. The molecule has 0 saturated carbocycles. The third kappa shape index (κ3) is 7.80. The van der Waals surface area contributed by atoms with E-state index in [1.54, 1.807) is 5.57 Å². The highest BCUT2D eigenvalue weighted by molar-refractivity contribution is 6.76. The van der Waals surface area contributed by atoms with Crippen molar-refractivity contribution in [2.75, 3.05) is 0 Å². The fourth-order valence-electron chi connectivity index (χ4n) is 1.82. The molecular weight excluding hydrogens is 220 g/mol. The van der Waals surface area contributed by atoms with Crippen LogP contribution in [-0.4, -0.2) is 8.07 Å². The number of allylic oxidation sites excluding steroid dienone is 2. The molecule has 0 saturated heterocycles. The van der Waals surface area contributed by atoms with E-state index in [9.17, 15) is 0 Å². The summed E-state index contributed by atoms with van der Waals surface area (Å²) in [6, 6.07) is 1.32. The van der Waals surface area contributed by atoms with Crippen molar-refractivity contribution in [1.82, 2.24) is 0 Å². The minimum atomic E-state index is -0.963. The predicted molar refractivity (Wildman–Crippen MR) is 84.4 cm³/mol. The van der Waals surface area contributed by atoms with Crippen molar-refractivity contribution >= 4 is 8.07 Å². The van der Waals surface area contributed by atoms with Crippen LogP contribution in [0.4, 0.5) is 0 Å². The monoisotopic (exact) mass is 254 g/mol. The predicted octanol–water partition coefficient (Wildman–Crippen LogP) is 6.12. The molecule has 0 heterocycles. The third-order valence-electron chi connectivity index (χ3n) is 3.43. The van der Waals surface area contributed by atoms with Gasteiger partial charge in [-0.25, -0.2) is 0 Å². The van der Waals surface area contributed by atoms with Crippen molar-refractivity contribution < 1.29 is 0 Å². The Hall–Kier alpha value is -0.0431. The zero-order valence-electron chi connectivity index (χ0n) is 13.7. The van der Waals surface area contributed by atoms with Crippen LogP contribution in [0.5, 0.6) is 0 Å². The fraction of sp³-hybridized carbons (Fsp3) is 0.875. The highest BCUT2D eigenvalue weighted by atomic mass is 28.3. The summed E-state index contributed by atoms with van der Waals surface area (Å²) >= 11 is 0. The number of hydrogen-bond donors (Lipinski definition) is 0. The molecule has 0 aromatic carbocycles. The van der Waals surface area contributed by atoms with Crippen LogP contribution in [0.3, 0.4) is 0 Å². The van der Waals surface area contributed by atoms with Crippen molar-refractivity contribution in [2.45, 2.75) is 80.1 Å². The molecule has 0 aliphatic carbocycles. The van der Waals surface area contributed by atoms with Crippen LogP contribution in [0.15, 0.2) is 11.6 Å². The largest absolute Gasteiger partial charge is 0.0874 e. The molecule has 0 aliphatic heterocycles. The van der Waals surface area contributed by atoms with Crippen LogP contribution >= 0.6 is 0 Å². The van der Waals surface area contributed by atoms with Gasteiger partial charge < -0.3 is 0 Å². The van der Waals surface area contributed by atoms with Gasteiger partial charge in [0.05, 0.1) is 0 Å². The lowest BCUT2D eigenvalue weighted by Gasteiger charge is -2.32. The highest BCUT2D eigenvalue weighted by Gasteiger charge is 2.25. The summed E-state index contributed by atoms with van der Waals surface area (Å²) in [4.78, 5) is 0. The molecule has 0 amide bonds. The van der Waals surface area contributed by atoms with Gasteiger partial charge in [0.1, 0.15) is 0 Å². The Morgan fingerprint density at radius 3 is 1.76 bits per heavy atom. The number of rotatable bonds is 5. The van der Waals surface area contributed by atoms with Crippen LogP contribution in [0, 0.1) is 10.8 Å². The smallest absolute Gasteiger partial charge is 0.0480 e. The third-order valence-corrected chi connectivity index (χ3v) is 4.86. The lowest BCUT2D eigenvalue weighted by atomic mass is 9.74. The Bertz CT molecular complexity index is 258. The van der Waals surface area contributed by atoms with Crippen LogP contribution in [0.25, 0.3) is 0 Å². The molecule has 0 spiro atoms. The molecule has 0 aromatic heterocycles. The fourth-order valence-corrected chi connectivity index (χ4v) is 2.67. The molecule has 1 heteroatoms. The van der Waals surface area contributed by atoms with Crippen molar-refractivity contribution in [3.63, 3.8) is 0 Å². The van der Waals surface area contributed by atoms with Gasteiger partial charge in [-0.3, -0.25) is 0 Å². The maximum absolute atomic E-state index is 2.57. The van der Waals surface area contributed by atoms with E-state index in [1.165, 1.54) is 18.9 Å². The molecule has 0 rings (SSSR count). The van der Waals surface area contributed by atoms with Gasteiger partial charge in [-0.15, -0.1) is 0 Å². The zero-order valence-corrected chi connectivity index (χ0v) is 14.7. The molecule has 0 aliphatic rings. The van der Waals surface area contributed by atoms with E-state index >= 15 is 0 Å². The maximum atomic E-state index is 2.57. The van der Waals surface area contributed by atoms with E-state index in [2.05, 4.69) is 67.3 Å². The summed E-state index contributed by atoms with van der Waals surface area (Å²) in [6.07, 6.45) is 5.04. The summed E-state index contributed by atoms with van der Waals surface area (Å²) in [5.41, 5.74) is 2.44. The molecule has 0 nitrogen and oxygen atoms in total. The molecular formula is C16H34Si. The molecule has 0 bridgehead atoms. The summed E-state index contributed by atoms with van der Waals surface area (Å²) in [6.45, 7) is 21.5. The van der Waals surface area contributed by atoms with Gasteiger partial charge in [-0.05, 0) is 29.7 Å². The zero-order chi connectivity index (χ0) is 13.9. The molecule has 0 atom stereocenters. The molecule has 0 unspecified atom stereocenters. The van der Waals surface area contributed by atoms with E-state index in [-0.39, 0.29) is 0 Å². The molecule has 0 fully saturated rings. The summed E-state index contributed by atoms with van der Waals surface area (Å²) < 4.78 is 0. The van der Waals surface area contributed by atoms with Crippen molar-refractivity contribution in [1.29, 1.82) is 0 Å². The second-order valence-electron chi connectivity index (χ2n) is 8.47. The summed E-state index contributed by atoms with van der Waals surface area (Å²) in [5.74, 6) is 0. The van der Waals surface area contributed by atoms with Gasteiger partial charge in [-0.2, -0.15) is 0 Å². The van der Waals surface area contributed by atoms with E-state index in [0.29, 0.717) is 10.8 Å². The average Bonchev–Trinajstić information content (AvgIpc) is 2.08. The Balaban J connectivity index is 5.00. The van der Waals surface area contributed by atoms with Crippen molar-refractivity contribution in [2.24, 2.45) is 10.8 Å². The summed E-state index contributed by atoms with van der Waals surface area (Å²) in [7, 11) is -0.963. The Morgan fingerprint density at radius 1 is 1.00 bits per heavy atom. The second kappa shape index (κ2) is 5.73. The quantitative estimate of drug-likeness (QED) is 0.409. The molecule has 0 radical (unpaired) electrons. The first-order valence-electron chi connectivity index (χ1n) is 7.07. The Kier molecular flexibility index (Phi) is 5.72. The standard InChI is InChI=1S/C16H34Si/c1-10-16(5,6)14(13-15(2,3)4)11-12-17(7,8)9/h11H,10,12-13H2,1-9H3. The van der Waals surface area contributed by atoms with E-state index < -0.39 is 8.07 Å². The van der Waals surface area contributed by atoms with Crippen molar-refractivity contribution in [3.05, 3.63) is 11.6 Å². The van der Waals surface area contributed by atoms with Gasteiger partial charge in [0.25, 0.3) is 0 Å². The Labute approximate surface area is 111 Å². The van der Waals surface area contributed by atoms with Gasteiger partial charge in [-0.1, -0.05) is 72.8 Å². The van der Waals surface area contributed by atoms with Crippen LogP contribution < -0.4 is 0 Å². The minimum absolute atomic E-state index is 0.368. The van der Waals surface area contributed by atoms with E-state index in [1.807, 2.05) is 0 Å².